The summed E-state index contributed by atoms with van der Waals surface area (Å²) < 4.78 is 43.0. The topological polar surface area (TPSA) is 89.4 Å². The Labute approximate surface area is 199 Å². The normalized spacial score (nSPS) is 23.1. The van der Waals surface area contributed by atoms with Crippen LogP contribution in [0.5, 0.6) is 0 Å². The van der Waals surface area contributed by atoms with E-state index in [1.165, 1.54) is 19.2 Å². The van der Waals surface area contributed by atoms with E-state index < -0.39 is 17.4 Å². The minimum atomic E-state index is -1.28. The van der Waals surface area contributed by atoms with Crippen LogP contribution < -0.4 is 0 Å². The Morgan fingerprint density at radius 3 is 2.57 bits per heavy atom. The van der Waals surface area contributed by atoms with Gasteiger partial charge in [0.1, 0.15) is 11.3 Å². The predicted octanol–water partition coefficient (Wildman–Crippen LogP) is 5.03. The largest absolute Gasteiger partial charge is 0.479 e. The van der Waals surface area contributed by atoms with E-state index in [0.717, 1.165) is 29.8 Å². The number of carboxylic acids is 1. The van der Waals surface area contributed by atoms with Crippen LogP contribution >= 0.6 is 0 Å². The number of hydrogen-bond acceptors (Lipinski definition) is 4. The van der Waals surface area contributed by atoms with Crippen LogP contribution in [0.2, 0.25) is 0 Å². The number of halogens is 2. The molecule has 1 saturated heterocycles. The van der Waals surface area contributed by atoms with Gasteiger partial charge < -0.3 is 19.1 Å². The van der Waals surface area contributed by atoms with E-state index in [4.69, 9.17) is 9.47 Å². The smallest absolute Gasteiger partial charge is 0.335 e. The summed E-state index contributed by atoms with van der Waals surface area (Å²) in [5.41, 5.74) is 2.15. The second-order valence-corrected chi connectivity index (χ2v) is 9.53. The van der Waals surface area contributed by atoms with E-state index in [0.29, 0.717) is 35.0 Å². The number of hydrogen-bond donors (Lipinski definition) is 2. The lowest BCUT2D eigenvalue weighted by atomic mass is 9.66. The van der Waals surface area contributed by atoms with Gasteiger partial charge in [0.2, 0.25) is 0 Å². The van der Waals surface area contributed by atoms with Crippen LogP contribution in [0.4, 0.5) is 8.78 Å². The van der Waals surface area contributed by atoms with Crippen molar-refractivity contribution in [3.05, 3.63) is 59.4 Å². The fraction of sp³-hybridized carbons (Fsp3) is 0.385. The number of benzene rings is 2. The predicted molar refractivity (Wildman–Crippen MR) is 125 cm³/mol. The minimum absolute atomic E-state index is 0.0782. The van der Waals surface area contributed by atoms with E-state index >= 15 is 4.39 Å². The Hall–Kier alpha value is -3.30. The van der Waals surface area contributed by atoms with Gasteiger partial charge in [-0.25, -0.2) is 13.6 Å². The minimum Gasteiger partial charge on any atom is -0.479 e. The number of aromatic nitrogens is 3. The second kappa shape index (κ2) is 8.13. The Morgan fingerprint density at radius 2 is 1.91 bits per heavy atom. The second-order valence-electron chi connectivity index (χ2n) is 9.53. The summed E-state index contributed by atoms with van der Waals surface area (Å²) in [5, 5.41) is 17.7. The number of fused-ring (bicyclic) bond motifs is 2. The maximum Gasteiger partial charge on any atom is 0.335 e. The SMILES string of the molecule is COC1(C(=O)O)CC(c2c(C3CCOCC3)n(-c3ccc(F)cc3)c3cc4cn[nH]c4c(F)c23)C1. The Kier molecular flexibility index (Phi) is 5.16. The summed E-state index contributed by atoms with van der Waals surface area (Å²) in [4.78, 5) is 12.0. The van der Waals surface area contributed by atoms with Gasteiger partial charge in [-0.1, -0.05) is 0 Å². The molecule has 9 heteroatoms. The fourth-order valence-electron chi connectivity index (χ4n) is 5.87. The molecule has 6 rings (SSSR count). The Morgan fingerprint density at radius 1 is 1.20 bits per heavy atom. The molecule has 1 aliphatic carbocycles. The highest BCUT2D eigenvalue weighted by Gasteiger charge is 2.53. The van der Waals surface area contributed by atoms with Gasteiger partial charge in [-0.3, -0.25) is 5.10 Å². The molecule has 0 spiro atoms. The molecule has 2 N–H and O–H groups in total. The van der Waals surface area contributed by atoms with Crippen molar-refractivity contribution in [1.82, 2.24) is 14.8 Å². The lowest BCUT2D eigenvalue weighted by Crippen LogP contribution is -2.51. The summed E-state index contributed by atoms with van der Waals surface area (Å²) in [5.74, 6) is -1.91. The van der Waals surface area contributed by atoms with Crippen LogP contribution in [0.1, 0.15) is 48.8 Å². The van der Waals surface area contributed by atoms with Crippen molar-refractivity contribution < 1.29 is 28.2 Å². The molecule has 2 aromatic heterocycles. The first-order valence-electron chi connectivity index (χ1n) is 11.8. The van der Waals surface area contributed by atoms with Crippen LogP contribution in [0.3, 0.4) is 0 Å². The number of nitrogens with one attached hydrogen (secondary N) is 1. The average molecular weight is 481 g/mol. The number of ether oxygens (including phenoxy) is 2. The third kappa shape index (κ3) is 3.29. The molecular formula is C26H25F2N3O4. The van der Waals surface area contributed by atoms with Gasteiger partial charge in [0.05, 0.1) is 11.7 Å². The van der Waals surface area contributed by atoms with Crippen molar-refractivity contribution in [1.29, 1.82) is 0 Å². The maximum atomic E-state index is 16.1. The van der Waals surface area contributed by atoms with Gasteiger partial charge in [0.25, 0.3) is 0 Å². The van der Waals surface area contributed by atoms with Crippen LogP contribution in [-0.4, -0.2) is 51.8 Å². The van der Waals surface area contributed by atoms with Crippen molar-refractivity contribution in [2.45, 2.75) is 43.1 Å². The quantitative estimate of drug-likeness (QED) is 0.418. The van der Waals surface area contributed by atoms with Crippen LogP contribution in [-0.2, 0) is 14.3 Å². The first kappa shape index (κ1) is 22.2. The molecule has 1 saturated carbocycles. The van der Waals surface area contributed by atoms with Gasteiger partial charge in [-0.2, -0.15) is 5.10 Å². The highest BCUT2D eigenvalue weighted by molar-refractivity contribution is 6.00. The molecule has 1 aliphatic heterocycles. The van der Waals surface area contributed by atoms with E-state index in [-0.39, 0.29) is 30.5 Å². The van der Waals surface area contributed by atoms with Gasteiger partial charge in [-0.15, -0.1) is 0 Å². The molecule has 182 valence electrons. The van der Waals surface area contributed by atoms with Gasteiger partial charge in [-0.05, 0) is 67.5 Å². The molecule has 2 aliphatic rings. The third-order valence-corrected chi connectivity index (χ3v) is 7.72. The number of aliphatic carboxylic acids is 1. The third-order valence-electron chi connectivity index (χ3n) is 7.72. The van der Waals surface area contributed by atoms with Crippen molar-refractivity contribution in [3.63, 3.8) is 0 Å². The number of methoxy groups -OCH3 is 1. The van der Waals surface area contributed by atoms with Crippen molar-refractivity contribution in [2.75, 3.05) is 20.3 Å². The number of carbonyl (C=O) groups is 1. The standard InChI is InChI=1S/C26H25F2N3O4/c1-34-26(25(32)33)11-16(12-26)20-21-19(10-15-13-29-30-23(15)22(21)28)31(18-4-2-17(27)3-5-18)24(20)14-6-8-35-9-7-14/h2-5,10,13-14,16H,6-9,11-12H2,1H3,(H,29,30)(H,32,33). The molecule has 35 heavy (non-hydrogen) atoms. The van der Waals surface area contributed by atoms with E-state index in [1.807, 2.05) is 10.6 Å². The molecule has 3 heterocycles. The summed E-state index contributed by atoms with van der Waals surface area (Å²) in [6.45, 7) is 1.17. The van der Waals surface area contributed by atoms with Crippen LogP contribution in [0.25, 0.3) is 27.5 Å². The molecule has 0 amide bonds. The van der Waals surface area contributed by atoms with Crippen molar-refractivity contribution >= 4 is 27.8 Å². The molecule has 0 atom stereocenters. The number of nitrogens with zero attached hydrogens (tertiary/aromatic N) is 2. The highest BCUT2D eigenvalue weighted by Crippen LogP contribution is 2.53. The number of H-pyrrole nitrogens is 1. The van der Waals surface area contributed by atoms with E-state index in [2.05, 4.69) is 10.2 Å². The van der Waals surface area contributed by atoms with Crippen LogP contribution in [0, 0.1) is 11.6 Å². The summed E-state index contributed by atoms with van der Waals surface area (Å²) >= 11 is 0. The molecule has 0 radical (unpaired) electrons. The van der Waals surface area contributed by atoms with Crippen molar-refractivity contribution in [2.24, 2.45) is 0 Å². The zero-order chi connectivity index (χ0) is 24.3. The zero-order valence-corrected chi connectivity index (χ0v) is 19.2. The fourth-order valence-corrected chi connectivity index (χ4v) is 5.87. The molecule has 0 bridgehead atoms. The molecular weight excluding hydrogens is 456 g/mol. The number of carboxylic acid groups (broad SMARTS) is 1. The molecule has 2 fully saturated rings. The number of rotatable bonds is 5. The Balaban J connectivity index is 1.66. The van der Waals surface area contributed by atoms with Gasteiger partial charge >= 0.3 is 5.97 Å². The van der Waals surface area contributed by atoms with Crippen molar-refractivity contribution in [3.8, 4) is 5.69 Å². The zero-order valence-electron chi connectivity index (χ0n) is 19.2. The number of aromatic amines is 1. The maximum absolute atomic E-state index is 16.1. The lowest BCUT2D eigenvalue weighted by Gasteiger charge is -2.44. The molecule has 0 unspecified atom stereocenters. The first-order valence-corrected chi connectivity index (χ1v) is 11.8. The summed E-state index contributed by atoms with van der Waals surface area (Å²) in [7, 11) is 1.40. The summed E-state index contributed by atoms with van der Waals surface area (Å²) in [6, 6.07) is 8.06. The highest BCUT2D eigenvalue weighted by atomic mass is 19.1. The molecule has 7 nitrogen and oxygen atoms in total. The van der Waals surface area contributed by atoms with Gasteiger partial charge in [0, 0.05) is 48.4 Å². The first-order chi connectivity index (χ1) is 16.9. The van der Waals surface area contributed by atoms with Crippen LogP contribution in [0.15, 0.2) is 36.5 Å². The van der Waals surface area contributed by atoms with E-state index in [9.17, 15) is 14.3 Å². The lowest BCUT2D eigenvalue weighted by molar-refractivity contribution is -0.175. The average Bonchev–Trinajstić information content (AvgIpc) is 3.43. The summed E-state index contributed by atoms with van der Waals surface area (Å²) in [6.07, 6.45) is 3.59. The monoisotopic (exact) mass is 481 g/mol. The van der Waals surface area contributed by atoms with Gasteiger partial charge in [0.15, 0.2) is 11.4 Å². The molecule has 2 aromatic carbocycles. The molecule has 4 aromatic rings. The van der Waals surface area contributed by atoms with E-state index in [1.54, 1.807) is 18.3 Å². The Bertz CT molecular complexity index is 1430.